The quantitative estimate of drug-likeness (QED) is 0.916. The number of carbonyl (C=O) groups excluding carboxylic acids is 1. The second kappa shape index (κ2) is 5.48. The first-order valence-electron chi connectivity index (χ1n) is 5.72. The Labute approximate surface area is 110 Å². The van der Waals surface area contributed by atoms with Gasteiger partial charge in [-0.2, -0.15) is 0 Å². The number of ketones is 1. The molecule has 0 spiro atoms. The van der Waals surface area contributed by atoms with E-state index >= 15 is 0 Å². The van der Waals surface area contributed by atoms with E-state index in [9.17, 15) is 4.79 Å². The van der Waals surface area contributed by atoms with Gasteiger partial charge in [0.05, 0.1) is 4.34 Å². The maximum atomic E-state index is 12.4. The van der Waals surface area contributed by atoms with E-state index in [-0.39, 0.29) is 11.2 Å². The van der Waals surface area contributed by atoms with E-state index in [0.717, 1.165) is 22.1 Å². The summed E-state index contributed by atoms with van der Waals surface area (Å²) in [6.07, 6.45) is 1.91. The van der Waals surface area contributed by atoms with Crippen molar-refractivity contribution in [2.45, 2.75) is 19.3 Å². The third-order valence-electron chi connectivity index (χ3n) is 3.40. The van der Waals surface area contributed by atoms with Gasteiger partial charge in [-0.05, 0) is 25.0 Å². The highest BCUT2D eigenvalue weighted by molar-refractivity contribution is 7.16. The summed E-state index contributed by atoms with van der Waals surface area (Å²) in [7, 11) is 0. The minimum atomic E-state index is -0.380. The lowest BCUT2D eigenvalue weighted by atomic mass is 9.75. The first-order chi connectivity index (χ1) is 8.16. The number of thiophene rings is 1. The van der Waals surface area contributed by atoms with Crippen molar-refractivity contribution in [1.82, 2.24) is 0 Å². The van der Waals surface area contributed by atoms with Crippen molar-refractivity contribution in [2.75, 3.05) is 19.8 Å². The first-order valence-corrected chi connectivity index (χ1v) is 6.91. The minimum absolute atomic E-state index is 0.224. The van der Waals surface area contributed by atoms with Gasteiger partial charge in [-0.1, -0.05) is 11.6 Å². The zero-order valence-corrected chi connectivity index (χ0v) is 11.1. The largest absolute Gasteiger partial charge is 0.381 e. The van der Waals surface area contributed by atoms with Crippen molar-refractivity contribution in [3.63, 3.8) is 0 Å². The summed E-state index contributed by atoms with van der Waals surface area (Å²) >= 11 is 7.32. The van der Waals surface area contributed by atoms with Crippen LogP contribution >= 0.6 is 22.9 Å². The van der Waals surface area contributed by atoms with Crippen molar-refractivity contribution in [3.05, 3.63) is 21.3 Å². The number of nitrogens with two attached hydrogens (primary N) is 1. The number of carbonyl (C=O) groups is 1. The number of rotatable bonds is 4. The van der Waals surface area contributed by atoms with Crippen molar-refractivity contribution >= 4 is 28.7 Å². The topological polar surface area (TPSA) is 52.3 Å². The van der Waals surface area contributed by atoms with Gasteiger partial charge in [-0.3, -0.25) is 4.79 Å². The van der Waals surface area contributed by atoms with Gasteiger partial charge in [0.15, 0.2) is 0 Å². The molecule has 0 radical (unpaired) electrons. The molecule has 1 fully saturated rings. The highest BCUT2D eigenvalue weighted by atomic mass is 35.5. The van der Waals surface area contributed by atoms with Crippen molar-refractivity contribution in [1.29, 1.82) is 0 Å². The van der Waals surface area contributed by atoms with E-state index in [0.29, 0.717) is 26.2 Å². The van der Waals surface area contributed by atoms with Gasteiger partial charge in [0.1, 0.15) is 5.78 Å². The Bertz CT molecular complexity index is 399. The van der Waals surface area contributed by atoms with Crippen LogP contribution in [0.2, 0.25) is 4.34 Å². The molecule has 0 bridgehead atoms. The fourth-order valence-electron chi connectivity index (χ4n) is 2.15. The number of hydrogen-bond acceptors (Lipinski definition) is 4. The fraction of sp³-hybridized carbons (Fsp3) is 0.583. The summed E-state index contributed by atoms with van der Waals surface area (Å²) in [5.74, 6) is 0.224. The first kappa shape index (κ1) is 13.0. The van der Waals surface area contributed by atoms with Crippen LogP contribution in [0.15, 0.2) is 12.1 Å². The van der Waals surface area contributed by atoms with E-state index in [1.54, 1.807) is 0 Å². The van der Waals surface area contributed by atoms with Crippen LogP contribution in [0.5, 0.6) is 0 Å². The van der Waals surface area contributed by atoms with Crippen LogP contribution in [-0.4, -0.2) is 25.5 Å². The molecular weight excluding hydrogens is 258 g/mol. The Morgan fingerprint density at radius 3 is 2.71 bits per heavy atom. The monoisotopic (exact) mass is 273 g/mol. The van der Waals surface area contributed by atoms with Crippen LogP contribution in [0.1, 0.15) is 17.7 Å². The summed E-state index contributed by atoms with van der Waals surface area (Å²) in [4.78, 5) is 13.4. The number of halogens is 1. The molecule has 3 nitrogen and oxygen atoms in total. The second-order valence-electron chi connectivity index (χ2n) is 4.40. The lowest BCUT2D eigenvalue weighted by Gasteiger charge is -2.34. The molecule has 1 aliphatic heterocycles. The lowest BCUT2D eigenvalue weighted by molar-refractivity contribution is -0.132. The average Bonchev–Trinajstić information content (AvgIpc) is 2.75. The highest BCUT2D eigenvalue weighted by Gasteiger charge is 2.38. The Morgan fingerprint density at radius 2 is 2.18 bits per heavy atom. The van der Waals surface area contributed by atoms with Crippen LogP contribution in [0, 0.1) is 5.41 Å². The molecular formula is C12H16ClNO2S. The van der Waals surface area contributed by atoms with E-state index in [1.807, 2.05) is 12.1 Å². The standard InChI is InChI=1S/C12H16ClNO2S/c13-11-2-1-9(17-11)7-10(15)12(8-14)3-5-16-6-4-12/h1-2H,3-8,14H2. The predicted molar refractivity (Wildman–Crippen MR) is 69.6 cm³/mol. The summed E-state index contributed by atoms with van der Waals surface area (Å²) in [5.41, 5.74) is 5.42. The summed E-state index contributed by atoms with van der Waals surface area (Å²) in [5, 5.41) is 0. The van der Waals surface area contributed by atoms with Crippen molar-refractivity contribution in [2.24, 2.45) is 11.1 Å². The molecule has 94 valence electrons. The van der Waals surface area contributed by atoms with Crippen LogP contribution in [0.25, 0.3) is 0 Å². The molecule has 1 saturated heterocycles. The fourth-order valence-corrected chi connectivity index (χ4v) is 3.24. The van der Waals surface area contributed by atoms with Crippen LogP contribution < -0.4 is 5.73 Å². The zero-order valence-electron chi connectivity index (χ0n) is 9.58. The Balaban J connectivity index is 2.07. The number of ether oxygens (including phenoxy) is 1. The van der Waals surface area contributed by atoms with Crippen molar-refractivity contribution in [3.8, 4) is 0 Å². The van der Waals surface area contributed by atoms with E-state index in [2.05, 4.69) is 0 Å². The maximum Gasteiger partial charge on any atom is 0.145 e. The molecule has 0 saturated carbocycles. The Hall–Kier alpha value is -0.420. The van der Waals surface area contributed by atoms with Crippen LogP contribution in [0.3, 0.4) is 0 Å². The van der Waals surface area contributed by atoms with Gasteiger partial charge < -0.3 is 10.5 Å². The lowest BCUT2D eigenvalue weighted by Crippen LogP contribution is -2.44. The molecule has 17 heavy (non-hydrogen) atoms. The smallest absolute Gasteiger partial charge is 0.145 e. The van der Waals surface area contributed by atoms with Gasteiger partial charge in [0.25, 0.3) is 0 Å². The van der Waals surface area contributed by atoms with Gasteiger partial charge >= 0.3 is 0 Å². The second-order valence-corrected chi connectivity index (χ2v) is 6.20. The molecule has 0 amide bonds. The molecule has 1 aromatic rings. The molecule has 0 unspecified atom stereocenters. The van der Waals surface area contributed by atoms with Crippen molar-refractivity contribution < 1.29 is 9.53 Å². The molecule has 2 heterocycles. The van der Waals surface area contributed by atoms with Crippen LogP contribution in [0.4, 0.5) is 0 Å². The Morgan fingerprint density at radius 1 is 1.47 bits per heavy atom. The normalized spacial score (nSPS) is 19.2. The maximum absolute atomic E-state index is 12.4. The van der Waals surface area contributed by atoms with Crippen LogP contribution in [-0.2, 0) is 16.0 Å². The highest BCUT2D eigenvalue weighted by Crippen LogP contribution is 2.33. The Kier molecular flexibility index (Phi) is 4.20. The molecule has 0 aliphatic carbocycles. The van der Waals surface area contributed by atoms with Gasteiger partial charge in [0.2, 0.25) is 0 Å². The van der Waals surface area contributed by atoms with E-state index in [4.69, 9.17) is 22.1 Å². The predicted octanol–water partition coefficient (Wildman–Crippen LogP) is 2.27. The third-order valence-corrected chi connectivity index (χ3v) is 4.63. The molecule has 2 N–H and O–H groups in total. The van der Waals surface area contributed by atoms with Gasteiger partial charge in [-0.25, -0.2) is 0 Å². The minimum Gasteiger partial charge on any atom is -0.381 e. The SMILES string of the molecule is NCC1(C(=O)Cc2ccc(Cl)s2)CCOCC1. The molecule has 1 aromatic heterocycles. The molecule has 1 aliphatic rings. The molecule has 2 rings (SSSR count). The molecule has 5 heteroatoms. The summed E-state index contributed by atoms with van der Waals surface area (Å²) in [6, 6.07) is 3.74. The van der Waals surface area contributed by atoms with E-state index < -0.39 is 0 Å². The van der Waals surface area contributed by atoms with Gasteiger partial charge in [0, 0.05) is 36.5 Å². The number of hydrogen-bond donors (Lipinski definition) is 1. The van der Waals surface area contributed by atoms with E-state index in [1.165, 1.54) is 11.3 Å². The third kappa shape index (κ3) is 2.88. The molecule has 0 atom stereocenters. The summed E-state index contributed by atoms with van der Waals surface area (Å²) in [6.45, 7) is 1.68. The van der Waals surface area contributed by atoms with Gasteiger partial charge in [-0.15, -0.1) is 11.3 Å². The number of Topliss-reactive ketones (excluding diaryl/α,β-unsaturated/α-hetero) is 1. The average molecular weight is 274 g/mol. The summed E-state index contributed by atoms with van der Waals surface area (Å²) < 4.78 is 6.03. The molecule has 0 aromatic carbocycles. The zero-order chi connectivity index (χ0) is 12.3.